The summed E-state index contributed by atoms with van der Waals surface area (Å²) in [5, 5.41) is 0. The van der Waals surface area contributed by atoms with Gasteiger partial charge >= 0.3 is 0 Å². The minimum atomic E-state index is 0.0124. The number of methoxy groups -OCH3 is 1. The van der Waals surface area contributed by atoms with Gasteiger partial charge in [0, 0.05) is 7.11 Å². The maximum absolute atomic E-state index is 5.89. The Bertz CT molecular complexity index is 438. The van der Waals surface area contributed by atoms with E-state index >= 15 is 0 Å². The Hall–Kier alpha value is -0.340. The van der Waals surface area contributed by atoms with Gasteiger partial charge < -0.3 is 9.47 Å². The molecule has 3 fully saturated rings. The number of rotatable bonds is 1. The molecule has 1 aliphatic heterocycles. The minimum Gasteiger partial charge on any atom is -0.355 e. The van der Waals surface area contributed by atoms with Crippen molar-refractivity contribution in [2.45, 2.75) is 46.3 Å². The van der Waals surface area contributed by atoms with Gasteiger partial charge in [-0.15, -0.1) is 0 Å². The highest BCUT2D eigenvalue weighted by atomic mass is 16.7. The van der Waals surface area contributed by atoms with Crippen LogP contribution in [-0.4, -0.2) is 20.0 Å². The first kappa shape index (κ1) is 11.5. The minimum absolute atomic E-state index is 0.0124. The van der Waals surface area contributed by atoms with Gasteiger partial charge in [0.25, 0.3) is 0 Å². The Kier molecular flexibility index (Phi) is 1.94. The van der Waals surface area contributed by atoms with Gasteiger partial charge in [-0.3, -0.25) is 0 Å². The summed E-state index contributed by atoms with van der Waals surface area (Å²) in [6.45, 7) is 8.15. The zero-order valence-electron chi connectivity index (χ0n) is 12.0. The quantitative estimate of drug-likeness (QED) is 0.662. The van der Waals surface area contributed by atoms with Crippen LogP contribution in [0.4, 0.5) is 0 Å². The Morgan fingerprint density at radius 1 is 1.28 bits per heavy atom. The SMILES string of the molecule is COC1OCC2=CC3CC(C)(C)CC3C3(C)CC213. The molecule has 1 heterocycles. The fourth-order valence-corrected chi connectivity index (χ4v) is 5.63. The smallest absolute Gasteiger partial charge is 0.167 e. The zero-order chi connectivity index (χ0) is 12.8. The third-order valence-corrected chi connectivity index (χ3v) is 6.43. The van der Waals surface area contributed by atoms with Gasteiger partial charge in [0.2, 0.25) is 0 Å². The van der Waals surface area contributed by atoms with Crippen molar-refractivity contribution in [3.05, 3.63) is 11.6 Å². The molecule has 4 rings (SSSR count). The first-order valence-electron chi connectivity index (χ1n) is 7.29. The van der Waals surface area contributed by atoms with E-state index in [9.17, 15) is 0 Å². The summed E-state index contributed by atoms with van der Waals surface area (Å²) in [4.78, 5) is 0. The molecule has 5 unspecified atom stereocenters. The number of ether oxygens (including phenoxy) is 2. The second kappa shape index (κ2) is 3.04. The standard InChI is InChI=1S/C16H24O2/c1-14(2)6-10-5-11-8-18-13(17-4)16(11)9-15(16,3)12(10)7-14/h5,10,12-13H,6-9H2,1-4H3. The molecule has 1 spiro atoms. The van der Waals surface area contributed by atoms with E-state index in [2.05, 4.69) is 26.8 Å². The molecule has 2 saturated carbocycles. The third kappa shape index (κ3) is 1.09. The van der Waals surface area contributed by atoms with E-state index < -0.39 is 0 Å². The number of allylic oxidation sites excluding steroid dienone is 1. The molecule has 0 radical (unpaired) electrons. The highest BCUT2D eigenvalue weighted by Crippen LogP contribution is 2.81. The Morgan fingerprint density at radius 3 is 2.78 bits per heavy atom. The van der Waals surface area contributed by atoms with Crippen molar-refractivity contribution in [3.63, 3.8) is 0 Å². The fraction of sp³-hybridized carbons (Fsp3) is 0.875. The Labute approximate surface area is 110 Å². The summed E-state index contributed by atoms with van der Waals surface area (Å²) in [6, 6.07) is 0. The lowest BCUT2D eigenvalue weighted by molar-refractivity contribution is -0.127. The Balaban J connectivity index is 1.78. The number of hydrogen-bond donors (Lipinski definition) is 0. The summed E-state index contributed by atoms with van der Waals surface area (Å²) >= 11 is 0. The van der Waals surface area contributed by atoms with Crippen molar-refractivity contribution < 1.29 is 9.47 Å². The summed E-state index contributed by atoms with van der Waals surface area (Å²) in [6.07, 6.45) is 6.58. The molecule has 18 heavy (non-hydrogen) atoms. The summed E-state index contributed by atoms with van der Waals surface area (Å²) in [7, 11) is 1.80. The molecule has 1 saturated heterocycles. The summed E-state index contributed by atoms with van der Waals surface area (Å²) in [5.41, 5.74) is 2.74. The maximum Gasteiger partial charge on any atom is 0.167 e. The van der Waals surface area contributed by atoms with E-state index in [1.54, 1.807) is 12.7 Å². The van der Waals surface area contributed by atoms with E-state index in [0.29, 0.717) is 10.8 Å². The Morgan fingerprint density at radius 2 is 2.06 bits per heavy atom. The molecule has 0 amide bonds. The monoisotopic (exact) mass is 248 g/mol. The molecule has 4 aliphatic rings. The third-order valence-electron chi connectivity index (χ3n) is 6.43. The molecular weight excluding hydrogens is 224 g/mol. The van der Waals surface area contributed by atoms with Crippen LogP contribution >= 0.6 is 0 Å². The van der Waals surface area contributed by atoms with Gasteiger partial charge in [0.15, 0.2) is 6.29 Å². The van der Waals surface area contributed by atoms with Crippen LogP contribution in [0, 0.1) is 28.1 Å². The molecule has 0 aromatic carbocycles. The number of fused-ring (bicyclic) bond motifs is 2. The maximum atomic E-state index is 5.89. The van der Waals surface area contributed by atoms with Gasteiger partial charge in [-0.05, 0) is 47.5 Å². The first-order chi connectivity index (χ1) is 8.43. The topological polar surface area (TPSA) is 18.5 Å². The van der Waals surface area contributed by atoms with Gasteiger partial charge in [-0.1, -0.05) is 26.8 Å². The lowest BCUT2D eigenvalue weighted by atomic mass is 9.69. The van der Waals surface area contributed by atoms with Crippen molar-refractivity contribution in [3.8, 4) is 0 Å². The largest absolute Gasteiger partial charge is 0.355 e. The van der Waals surface area contributed by atoms with Crippen molar-refractivity contribution >= 4 is 0 Å². The molecule has 0 aromatic rings. The molecule has 2 heteroatoms. The van der Waals surface area contributed by atoms with Crippen LogP contribution in [0.15, 0.2) is 11.6 Å². The van der Waals surface area contributed by atoms with Crippen molar-refractivity contribution in [2.75, 3.05) is 13.7 Å². The normalized spacial score (nSPS) is 55.6. The molecular formula is C16H24O2. The van der Waals surface area contributed by atoms with Gasteiger partial charge in [0.1, 0.15) is 0 Å². The zero-order valence-corrected chi connectivity index (χ0v) is 12.0. The summed E-state index contributed by atoms with van der Waals surface area (Å²) < 4.78 is 11.5. The van der Waals surface area contributed by atoms with E-state index in [0.717, 1.165) is 18.4 Å². The highest BCUT2D eigenvalue weighted by Gasteiger charge is 2.78. The lowest BCUT2D eigenvalue weighted by Crippen LogP contribution is -2.34. The molecule has 0 bridgehead atoms. The van der Waals surface area contributed by atoms with Crippen molar-refractivity contribution in [2.24, 2.45) is 28.1 Å². The van der Waals surface area contributed by atoms with Crippen LogP contribution in [0.1, 0.15) is 40.0 Å². The average Bonchev–Trinajstić information content (AvgIpc) is 2.61. The predicted octanol–water partition coefficient (Wildman–Crippen LogP) is 3.38. The highest BCUT2D eigenvalue weighted by molar-refractivity contribution is 5.41. The second-order valence-electron chi connectivity index (χ2n) is 7.98. The van der Waals surface area contributed by atoms with Crippen molar-refractivity contribution in [1.29, 1.82) is 0 Å². The van der Waals surface area contributed by atoms with Crippen LogP contribution in [-0.2, 0) is 9.47 Å². The van der Waals surface area contributed by atoms with Crippen LogP contribution in [0.2, 0.25) is 0 Å². The first-order valence-corrected chi connectivity index (χ1v) is 7.29. The van der Waals surface area contributed by atoms with Gasteiger partial charge in [-0.25, -0.2) is 0 Å². The van der Waals surface area contributed by atoms with Gasteiger partial charge in [-0.2, -0.15) is 0 Å². The predicted molar refractivity (Wildman–Crippen MR) is 70.0 cm³/mol. The number of hydrogen-bond acceptors (Lipinski definition) is 2. The van der Waals surface area contributed by atoms with Crippen LogP contribution in [0.25, 0.3) is 0 Å². The van der Waals surface area contributed by atoms with Crippen LogP contribution < -0.4 is 0 Å². The average molecular weight is 248 g/mol. The lowest BCUT2D eigenvalue weighted by Gasteiger charge is -2.35. The second-order valence-corrected chi connectivity index (χ2v) is 7.98. The van der Waals surface area contributed by atoms with E-state index in [4.69, 9.17) is 9.47 Å². The molecule has 0 aromatic heterocycles. The van der Waals surface area contributed by atoms with Gasteiger partial charge in [0.05, 0.1) is 12.0 Å². The van der Waals surface area contributed by atoms with E-state index in [-0.39, 0.29) is 11.7 Å². The molecule has 0 N–H and O–H groups in total. The molecule has 2 nitrogen and oxygen atoms in total. The molecule has 5 atom stereocenters. The molecule has 3 aliphatic carbocycles. The molecule has 100 valence electrons. The van der Waals surface area contributed by atoms with Crippen LogP contribution in [0.5, 0.6) is 0 Å². The van der Waals surface area contributed by atoms with E-state index in [1.807, 2.05) is 0 Å². The fourth-order valence-electron chi connectivity index (χ4n) is 5.63. The van der Waals surface area contributed by atoms with E-state index in [1.165, 1.54) is 19.3 Å². The van der Waals surface area contributed by atoms with Crippen LogP contribution in [0.3, 0.4) is 0 Å². The summed E-state index contributed by atoms with van der Waals surface area (Å²) in [5.74, 6) is 1.63. The van der Waals surface area contributed by atoms with Crippen molar-refractivity contribution in [1.82, 2.24) is 0 Å².